The van der Waals surface area contributed by atoms with E-state index in [2.05, 4.69) is 206 Å². The molecule has 0 spiro atoms. The van der Waals surface area contributed by atoms with E-state index >= 15 is 0 Å². The molecule has 258 valence electrons. The smallest absolute Gasteiger partial charge is 0.0640 e. The van der Waals surface area contributed by atoms with Crippen molar-refractivity contribution in [2.24, 2.45) is 0 Å². The van der Waals surface area contributed by atoms with Gasteiger partial charge in [-0.1, -0.05) is 109 Å². The van der Waals surface area contributed by atoms with Crippen LogP contribution in [0, 0.1) is 13.8 Å². The summed E-state index contributed by atoms with van der Waals surface area (Å²) in [7, 11) is 0. The highest BCUT2D eigenvalue weighted by molar-refractivity contribution is 7.26. The van der Waals surface area contributed by atoms with Gasteiger partial charge >= 0.3 is 0 Å². The van der Waals surface area contributed by atoms with Crippen LogP contribution in [0.2, 0.25) is 0 Å². The van der Waals surface area contributed by atoms with Gasteiger partial charge in [0.2, 0.25) is 0 Å². The molecule has 0 amide bonds. The second kappa shape index (κ2) is 13.3. The Hall–Kier alpha value is -6.20. The third-order valence-corrected chi connectivity index (χ3v) is 12.9. The average Bonchev–Trinajstić information content (AvgIpc) is 3.80. The molecule has 0 radical (unpaired) electrons. The van der Waals surface area contributed by atoms with E-state index in [0.29, 0.717) is 0 Å². The van der Waals surface area contributed by atoms with Crippen LogP contribution >= 0.6 is 22.7 Å². The summed E-state index contributed by atoms with van der Waals surface area (Å²) in [4.78, 5) is 4.86. The molecule has 0 bridgehead atoms. The fraction of sp³-hybridized carbons (Fsp3) is 0.0400. The number of thiophene rings is 2. The fourth-order valence-corrected chi connectivity index (χ4v) is 10.3. The van der Waals surface area contributed by atoms with Crippen molar-refractivity contribution in [1.29, 1.82) is 0 Å². The van der Waals surface area contributed by atoms with E-state index in [4.69, 9.17) is 0 Å². The largest absolute Gasteiger partial charge is 0.309 e. The summed E-state index contributed by atoms with van der Waals surface area (Å²) in [5.74, 6) is 0. The minimum absolute atomic E-state index is 1.13. The molecule has 0 unspecified atom stereocenters. The van der Waals surface area contributed by atoms with Crippen molar-refractivity contribution in [1.82, 2.24) is 0 Å². The Balaban J connectivity index is 1.15. The molecule has 0 saturated carbocycles. The molecule has 2 heterocycles. The Morgan fingerprint density at radius 3 is 1.17 bits per heavy atom. The lowest BCUT2D eigenvalue weighted by atomic mass is 9.94. The highest BCUT2D eigenvalue weighted by Gasteiger charge is 2.22. The number of fused-ring (bicyclic) bond motifs is 6. The van der Waals surface area contributed by atoms with E-state index in [1.165, 1.54) is 74.0 Å². The summed E-state index contributed by atoms with van der Waals surface area (Å²) in [6, 6.07) is 66.4. The lowest BCUT2D eigenvalue weighted by Gasteiger charge is -2.28. The predicted molar refractivity (Wildman–Crippen MR) is 236 cm³/mol. The summed E-state index contributed by atoms with van der Waals surface area (Å²) in [5.41, 5.74) is 11.8. The Kier molecular flexibility index (Phi) is 8.01. The van der Waals surface area contributed by atoms with Crippen LogP contribution in [0.5, 0.6) is 0 Å². The molecule has 0 fully saturated rings. The minimum Gasteiger partial charge on any atom is -0.309 e. The molecule has 2 aromatic heterocycles. The number of para-hydroxylation sites is 2. The average molecular weight is 729 g/mol. The fourth-order valence-electron chi connectivity index (χ4n) is 7.90. The van der Waals surface area contributed by atoms with Gasteiger partial charge in [-0.2, -0.15) is 0 Å². The second-order valence-corrected chi connectivity index (χ2v) is 15.9. The Bertz CT molecular complexity index is 2770. The van der Waals surface area contributed by atoms with Crippen molar-refractivity contribution < 1.29 is 0 Å². The van der Waals surface area contributed by atoms with Crippen molar-refractivity contribution in [3.63, 3.8) is 0 Å². The maximum atomic E-state index is 2.43. The summed E-state index contributed by atoms with van der Waals surface area (Å²) < 4.78 is 5.19. The zero-order chi connectivity index (χ0) is 36.2. The Morgan fingerprint density at radius 2 is 0.722 bits per heavy atom. The van der Waals surface area contributed by atoms with E-state index in [0.717, 1.165) is 22.7 Å². The zero-order valence-electron chi connectivity index (χ0n) is 30.0. The molecular formula is C50H36N2S2. The number of rotatable bonds is 7. The normalized spacial score (nSPS) is 11.5. The predicted octanol–water partition coefficient (Wildman–Crippen LogP) is 15.6. The number of hydrogen-bond acceptors (Lipinski definition) is 4. The molecule has 8 aromatic carbocycles. The quantitative estimate of drug-likeness (QED) is 0.161. The van der Waals surface area contributed by atoms with E-state index in [9.17, 15) is 0 Å². The van der Waals surface area contributed by atoms with Gasteiger partial charge in [0.25, 0.3) is 0 Å². The van der Waals surface area contributed by atoms with Gasteiger partial charge in [-0.15, -0.1) is 22.7 Å². The van der Waals surface area contributed by atoms with Crippen LogP contribution < -0.4 is 9.80 Å². The van der Waals surface area contributed by atoms with Gasteiger partial charge in [-0.25, -0.2) is 0 Å². The molecule has 0 N–H and O–H groups in total. The van der Waals surface area contributed by atoms with Gasteiger partial charge in [0.15, 0.2) is 0 Å². The monoisotopic (exact) mass is 728 g/mol. The van der Waals surface area contributed by atoms with Gasteiger partial charge in [0, 0.05) is 53.7 Å². The highest BCUT2D eigenvalue weighted by atomic mass is 32.1. The lowest BCUT2D eigenvalue weighted by molar-refractivity contribution is 1.28. The lowest BCUT2D eigenvalue weighted by Crippen LogP contribution is -2.11. The van der Waals surface area contributed by atoms with Gasteiger partial charge in [0.1, 0.15) is 0 Å². The molecule has 10 aromatic rings. The first kappa shape index (κ1) is 32.5. The van der Waals surface area contributed by atoms with Crippen LogP contribution in [-0.4, -0.2) is 0 Å². The first-order chi connectivity index (χ1) is 26.6. The third-order valence-electron chi connectivity index (χ3n) is 10.5. The maximum absolute atomic E-state index is 2.43. The van der Waals surface area contributed by atoms with Gasteiger partial charge in [0.05, 0.1) is 20.8 Å². The molecule has 0 aliphatic rings. The van der Waals surface area contributed by atoms with Gasteiger partial charge in [-0.3, -0.25) is 0 Å². The molecule has 0 aliphatic carbocycles. The summed E-state index contributed by atoms with van der Waals surface area (Å²) in [6.45, 7) is 4.47. The van der Waals surface area contributed by atoms with Crippen LogP contribution in [0.25, 0.3) is 51.5 Å². The molecular weight excluding hydrogens is 693 g/mol. The van der Waals surface area contributed by atoms with Crippen LogP contribution in [0.4, 0.5) is 34.1 Å². The third kappa shape index (κ3) is 5.46. The number of aryl methyl sites for hydroxylation is 2. The molecule has 0 aliphatic heterocycles. The molecule has 10 rings (SSSR count). The summed E-state index contributed by atoms with van der Waals surface area (Å²) in [6.07, 6.45) is 0. The molecule has 4 heteroatoms. The second-order valence-electron chi connectivity index (χ2n) is 13.8. The Morgan fingerprint density at radius 1 is 0.333 bits per heavy atom. The highest BCUT2D eigenvalue weighted by Crippen LogP contribution is 2.48. The van der Waals surface area contributed by atoms with Crippen molar-refractivity contribution >= 4 is 97.1 Å². The van der Waals surface area contributed by atoms with Crippen molar-refractivity contribution in [3.8, 4) is 11.1 Å². The van der Waals surface area contributed by atoms with Gasteiger partial charge < -0.3 is 9.80 Å². The van der Waals surface area contributed by atoms with E-state index in [1.807, 2.05) is 22.7 Å². The number of nitrogens with zero attached hydrogens (tertiary/aromatic N) is 2. The molecule has 0 atom stereocenters. The standard InChI is InChI=1S/C50H36N2S2/c1-33-27-29-37(51(35-15-5-3-6-16-35)45-23-13-21-41-39-19-9-11-25-47(39)53-49(41)45)31-43(33)44-32-38(30-28-34(44)2)52(36-17-7-4-8-18-36)46-24-14-22-42-40-20-10-12-26-48(40)54-50(42)46/h3-32H,1-2H3. The number of anilines is 6. The minimum atomic E-state index is 1.13. The van der Waals surface area contributed by atoms with Crippen LogP contribution in [0.1, 0.15) is 11.1 Å². The number of benzene rings is 8. The zero-order valence-corrected chi connectivity index (χ0v) is 31.7. The molecule has 0 saturated heterocycles. The van der Waals surface area contributed by atoms with Crippen molar-refractivity contribution in [3.05, 3.63) is 193 Å². The van der Waals surface area contributed by atoms with Crippen LogP contribution in [0.3, 0.4) is 0 Å². The molecule has 2 nitrogen and oxygen atoms in total. The van der Waals surface area contributed by atoms with E-state index in [-0.39, 0.29) is 0 Å². The van der Waals surface area contributed by atoms with E-state index < -0.39 is 0 Å². The maximum Gasteiger partial charge on any atom is 0.0640 e. The van der Waals surface area contributed by atoms with Crippen molar-refractivity contribution in [2.45, 2.75) is 13.8 Å². The SMILES string of the molecule is Cc1ccc(N(c2ccccc2)c2cccc3c2sc2ccccc23)cc1-c1cc(N(c2ccccc2)c2cccc3c2sc2ccccc23)ccc1C. The van der Waals surface area contributed by atoms with Gasteiger partial charge in [-0.05, 0) is 109 Å². The van der Waals surface area contributed by atoms with E-state index in [1.54, 1.807) is 0 Å². The summed E-state index contributed by atoms with van der Waals surface area (Å²) in [5, 5.41) is 5.19. The first-order valence-electron chi connectivity index (χ1n) is 18.3. The van der Waals surface area contributed by atoms with Crippen molar-refractivity contribution in [2.75, 3.05) is 9.80 Å². The Labute approximate surface area is 323 Å². The van der Waals surface area contributed by atoms with Crippen LogP contribution in [-0.2, 0) is 0 Å². The number of hydrogen-bond donors (Lipinski definition) is 0. The molecule has 54 heavy (non-hydrogen) atoms. The topological polar surface area (TPSA) is 6.48 Å². The summed E-state index contributed by atoms with van der Waals surface area (Å²) >= 11 is 3.74. The van der Waals surface area contributed by atoms with Crippen LogP contribution in [0.15, 0.2) is 182 Å². The first-order valence-corrected chi connectivity index (χ1v) is 20.0.